The van der Waals surface area contributed by atoms with Gasteiger partial charge < -0.3 is 5.11 Å². The number of phenols is 1. The Labute approximate surface area is 114 Å². The summed E-state index contributed by atoms with van der Waals surface area (Å²) in [4.78, 5) is 0.111. The summed E-state index contributed by atoms with van der Waals surface area (Å²) in [6.07, 6.45) is 0. The van der Waals surface area contributed by atoms with Crippen molar-refractivity contribution in [3.63, 3.8) is 0 Å². The van der Waals surface area contributed by atoms with Gasteiger partial charge in [-0.05, 0) is 24.3 Å². The molecule has 7 nitrogen and oxygen atoms in total. The third-order valence-corrected chi connectivity index (χ3v) is 4.15. The number of aromatic amines is 1. The second-order valence-corrected chi connectivity index (χ2v) is 5.77. The Morgan fingerprint density at radius 1 is 1.10 bits per heavy atom. The highest BCUT2D eigenvalue weighted by Gasteiger charge is 2.17. The summed E-state index contributed by atoms with van der Waals surface area (Å²) in [5.74, 6) is -0.268. The summed E-state index contributed by atoms with van der Waals surface area (Å²) < 4.78 is 26.6. The molecule has 0 saturated heterocycles. The van der Waals surface area contributed by atoms with E-state index in [1.165, 1.54) is 18.2 Å². The minimum Gasteiger partial charge on any atom is -0.504 e. The molecule has 3 rings (SSSR count). The molecule has 0 atom stereocenters. The summed E-state index contributed by atoms with van der Waals surface area (Å²) >= 11 is 0. The number of benzene rings is 2. The smallest absolute Gasteiger partial charge is 0.262 e. The lowest BCUT2D eigenvalue weighted by atomic mass is 10.2. The van der Waals surface area contributed by atoms with Gasteiger partial charge in [-0.1, -0.05) is 23.4 Å². The van der Waals surface area contributed by atoms with Crippen LogP contribution in [0.25, 0.3) is 11.0 Å². The van der Waals surface area contributed by atoms with Crippen molar-refractivity contribution < 1.29 is 13.5 Å². The van der Waals surface area contributed by atoms with Crippen LogP contribution in [0.2, 0.25) is 0 Å². The van der Waals surface area contributed by atoms with Crippen molar-refractivity contribution in [3.05, 3.63) is 42.5 Å². The average Bonchev–Trinajstić information content (AvgIpc) is 2.92. The third kappa shape index (κ3) is 2.05. The van der Waals surface area contributed by atoms with Gasteiger partial charge in [0, 0.05) is 0 Å². The van der Waals surface area contributed by atoms with Gasteiger partial charge >= 0.3 is 0 Å². The maximum atomic E-state index is 12.2. The predicted octanol–water partition coefficient (Wildman–Crippen LogP) is 1.46. The zero-order valence-corrected chi connectivity index (χ0v) is 10.9. The molecule has 1 aromatic heterocycles. The second-order valence-electron chi connectivity index (χ2n) is 4.09. The van der Waals surface area contributed by atoms with Gasteiger partial charge in [-0.3, -0.25) is 9.82 Å². The van der Waals surface area contributed by atoms with Crippen LogP contribution in [0.5, 0.6) is 5.75 Å². The van der Waals surface area contributed by atoms with Gasteiger partial charge in [0.15, 0.2) is 11.3 Å². The number of H-pyrrole nitrogens is 1. The molecule has 102 valence electrons. The molecule has 0 amide bonds. The van der Waals surface area contributed by atoms with Crippen molar-refractivity contribution in [2.24, 2.45) is 0 Å². The highest BCUT2D eigenvalue weighted by atomic mass is 32.2. The van der Waals surface area contributed by atoms with Crippen LogP contribution in [-0.2, 0) is 10.0 Å². The molecule has 0 spiro atoms. The van der Waals surface area contributed by atoms with Crippen LogP contribution in [0.3, 0.4) is 0 Å². The Kier molecular flexibility index (Phi) is 2.79. The van der Waals surface area contributed by atoms with Crippen LogP contribution in [0.1, 0.15) is 0 Å². The van der Waals surface area contributed by atoms with E-state index in [0.29, 0.717) is 5.52 Å². The highest BCUT2D eigenvalue weighted by molar-refractivity contribution is 7.92. The lowest BCUT2D eigenvalue weighted by Gasteiger charge is -2.09. The minimum atomic E-state index is -3.76. The summed E-state index contributed by atoms with van der Waals surface area (Å²) in [5.41, 5.74) is 0.777. The normalized spacial score (nSPS) is 11.6. The molecule has 8 heteroatoms. The number of aromatic hydroxyl groups is 1. The molecular weight excluding hydrogens is 280 g/mol. The largest absolute Gasteiger partial charge is 0.504 e. The fourth-order valence-corrected chi connectivity index (χ4v) is 2.87. The Balaban J connectivity index is 2.03. The Hall–Kier alpha value is -2.61. The second kappa shape index (κ2) is 4.49. The maximum Gasteiger partial charge on any atom is 0.262 e. The molecule has 2 aromatic carbocycles. The number of fused-ring (bicyclic) bond motifs is 1. The van der Waals surface area contributed by atoms with Crippen molar-refractivity contribution >= 4 is 26.7 Å². The first-order valence-electron chi connectivity index (χ1n) is 5.68. The van der Waals surface area contributed by atoms with E-state index in [4.69, 9.17) is 0 Å². The van der Waals surface area contributed by atoms with Crippen molar-refractivity contribution in [3.8, 4) is 5.75 Å². The molecule has 0 aliphatic rings. The Morgan fingerprint density at radius 3 is 2.60 bits per heavy atom. The van der Waals surface area contributed by atoms with Gasteiger partial charge in [0.25, 0.3) is 10.0 Å². The van der Waals surface area contributed by atoms with Gasteiger partial charge in [0.05, 0.1) is 16.1 Å². The first-order chi connectivity index (χ1) is 9.58. The zero-order valence-electron chi connectivity index (χ0n) is 10.1. The molecule has 3 aromatic rings. The van der Waals surface area contributed by atoms with Gasteiger partial charge in [-0.15, -0.1) is 5.10 Å². The predicted molar refractivity (Wildman–Crippen MR) is 72.8 cm³/mol. The zero-order chi connectivity index (χ0) is 14.2. The topological polar surface area (TPSA) is 108 Å². The number of hydrogen-bond acceptors (Lipinski definition) is 5. The van der Waals surface area contributed by atoms with Gasteiger partial charge in [-0.25, -0.2) is 8.42 Å². The summed E-state index contributed by atoms with van der Waals surface area (Å²) in [5, 5.41) is 19.8. The highest BCUT2D eigenvalue weighted by Crippen LogP contribution is 2.31. The average molecular weight is 290 g/mol. The van der Waals surface area contributed by atoms with E-state index in [0.717, 1.165) is 0 Å². The van der Waals surface area contributed by atoms with Crippen molar-refractivity contribution in [2.75, 3.05) is 4.72 Å². The first-order valence-corrected chi connectivity index (χ1v) is 7.17. The number of anilines is 1. The fraction of sp³-hybridized carbons (Fsp3) is 0. The van der Waals surface area contributed by atoms with Gasteiger partial charge in [-0.2, -0.15) is 0 Å². The standard InChI is InChI=1S/C12H10N4O3S/c17-12-10(7-6-9-11(12)14-16-13-9)15-20(18,19)8-4-2-1-3-5-8/h1-7,15,17H,(H,13,14,16). The van der Waals surface area contributed by atoms with Gasteiger partial charge in [0.2, 0.25) is 0 Å². The molecule has 0 fully saturated rings. The Bertz CT molecular complexity index is 859. The molecule has 0 aliphatic carbocycles. The van der Waals surface area contributed by atoms with E-state index < -0.39 is 10.0 Å². The van der Waals surface area contributed by atoms with Crippen LogP contribution in [0.15, 0.2) is 47.4 Å². The number of hydrogen-bond donors (Lipinski definition) is 3. The molecule has 1 heterocycles. The van der Waals surface area contributed by atoms with Crippen LogP contribution in [-0.4, -0.2) is 28.9 Å². The number of aromatic nitrogens is 3. The maximum absolute atomic E-state index is 12.2. The molecule has 0 bridgehead atoms. The minimum absolute atomic E-state index is 0.0512. The number of nitrogens with one attached hydrogen (secondary N) is 2. The van der Waals surface area contributed by atoms with Crippen molar-refractivity contribution in [1.29, 1.82) is 0 Å². The van der Waals surface area contributed by atoms with Gasteiger partial charge in [0.1, 0.15) is 0 Å². The molecular formula is C12H10N4O3S. The summed E-state index contributed by atoms with van der Waals surface area (Å²) in [6.45, 7) is 0. The van der Waals surface area contributed by atoms with E-state index >= 15 is 0 Å². The van der Waals surface area contributed by atoms with Crippen LogP contribution >= 0.6 is 0 Å². The van der Waals surface area contributed by atoms with E-state index in [1.54, 1.807) is 24.3 Å². The Morgan fingerprint density at radius 2 is 1.85 bits per heavy atom. The van der Waals surface area contributed by atoms with E-state index in [-0.39, 0.29) is 21.8 Å². The SMILES string of the molecule is O=S(=O)(Nc1ccc2[nH]nnc2c1O)c1ccccc1. The molecule has 0 radical (unpaired) electrons. The van der Waals surface area contributed by atoms with E-state index in [2.05, 4.69) is 20.1 Å². The van der Waals surface area contributed by atoms with Crippen LogP contribution < -0.4 is 4.72 Å². The quantitative estimate of drug-likeness (QED) is 0.633. The number of sulfonamides is 1. The summed E-state index contributed by atoms with van der Waals surface area (Å²) in [7, 11) is -3.76. The van der Waals surface area contributed by atoms with Crippen LogP contribution in [0, 0.1) is 0 Å². The number of phenolic OH excluding ortho intramolecular Hbond substituents is 1. The first kappa shape index (κ1) is 12.4. The third-order valence-electron chi connectivity index (χ3n) is 2.77. The van der Waals surface area contributed by atoms with E-state index in [9.17, 15) is 13.5 Å². The number of rotatable bonds is 3. The van der Waals surface area contributed by atoms with Crippen LogP contribution in [0.4, 0.5) is 5.69 Å². The van der Waals surface area contributed by atoms with E-state index in [1.807, 2.05) is 0 Å². The molecule has 0 saturated carbocycles. The fourth-order valence-electron chi connectivity index (χ4n) is 1.79. The molecule has 0 unspecified atom stereocenters. The molecule has 0 aliphatic heterocycles. The lowest BCUT2D eigenvalue weighted by Crippen LogP contribution is -2.12. The lowest BCUT2D eigenvalue weighted by molar-refractivity contribution is 0.482. The summed E-state index contributed by atoms with van der Waals surface area (Å²) in [6, 6.07) is 10.9. The molecule has 3 N–H and O–H groups in total. The monoisotopic (exact) mass is 290 g/mol. The van der Waals surface area contributed by atoms with Crippen molar-refractivity contribution in [1.82, 2.24) is 15.4 Å². The van der Waals surface area contributed by atoms with Crippen molar-refractivity contribution in [2.45, 2.75) is 4.90 Å². The molecule has 20 heavy (non-hydrogen) atoms. The number of nitrogens with zero attached hydrogens (tertiary/aromatic N) is 2.